The SMILES string of the molecule is C=C(C)C(=O)NCCCNC(=O)CC(C(N)=O)C(C)(C)SCCCOC(=O)N[B][SiH3]. The standard InChI is InChI=1S/C18H34BN4O5SSi/c1-12(2)16(26)22-8-5-7-21-14(24)11-13(15(20)25)18(3,4)29-10-6-9-28-17(27)23-19-30/h13H,1,5-11H2,2-4,30H3,(H2,20,25)(H,21,24)(H,22,26)(H,23,27). The van der Waals surface area contributed by atoms with Gasteiger partial charge >= 0.3 is 6.09 Å². The Balaban J connectivity index is 4.32. The zero-order valence-electron chi connectivity index (χ0n) is 18.3. The van der Waals surface area contributed by atoms with E-state index in [4.69, 9.17) is 10.5 Å². The second-order valence-electron chi connectivity index (χ2n) is 7.27. The summed E-state index contributed by atoms with van der Waals surface area (Å²) in [6, 6.07) is 0. The lowest BCUT2D eigenvalue weighted by Gasteiger charge is -2.31. The Morgan fingerprint density at radius 3 is 2.40 bits per heavy atom. The minimum Gasteiger partial charge on any atom is -0.450 e. The number of carbonyl (C=O) groups excluding carboxylic acids is 4. The number of thioether (sulfide) groups is 1. The highest BCUT2D eigenvalue weighted by atomic mass is 32.2. The first-order valence-corrected chi connectivity index (χ1v) is 12.0. The predicted molar refractivity (Wildman–Crippen MR) is 124 cm³/mol. The number of nitrogens with one attached hydrogen (secondary N) is 3. The van der Waals surface area contributed by atoms with E-state index >= 15 is 0 Å². The molecule has 5 N–H and O–H groups in total. The molecular weight excluding hydrogens is 423 g/mol. The molecule has 0 aliphatic heterocycles. The predicted octanol–water partition coefficient (Wildman–Crippen LogP) is -0.796. The van der Waals surface area contributed by atoms with Gasteiger partial charge in [-0.1, -0.05) is 6.58 Å². The maximum absolute atomic E-state index is 12.2. The third-order valence-corrected chi connectivity index (χ3v) is 5.99. The van der Waals surface area contributed by atoms with E-state index in [1.807, 2.05) is 13.8 Å². The average molecular weight is 457 g/mol. The maximum atomic E-state index is 12.2. The minimum absolute atomic E-state index is 0.0113. The van der Waals surface area contributed by atoms with Gasteiger partial charge in [0.15, 0.2) is 0 Å². The number of ether oxygens (including phenoxy) is 1. The molecule has 1 atom stereocenters. The van der Waals surface area contributed by atoms with Gasteiger partial charge in [-0.2, -0.15) is 11.8 Å². The lowest BCUT2D eigenvalue weighted by atomic mass is 9.90. The molecule has 0 aromatic heterocycles. The normalized spacial score (nSPS) is 11.8. The highest BCUT2D eigenvalue weighted by Crippen LogP contribution is 2.35. The number of carbonyl (C=O) groups is 4. The van der Waals surface area contributed by atoms with Gasteiger partial charge in [-0.25, -0.2) is 4.79 Å². The molecule has 4 amide bonds. The average Bonchev–Trinajstić information content (AvgIpc) is 2.65. The van der Waals surface area contributed by atoms with Crippen LogP contribution in [-0.4, -0.2) is 71.1 Å². The third kappa shape index (κ3) is 12.6. The van der Waals surface area contributed by atoms with Crippen molar-refractivity contribution in [3.8, 4) is 0 Å². The molecule has 0 aliphatic rings. The van der Waals surface area contributed by atoms with Crippen molar-refractivity contribution in [1.82, 2.24) is 15.9 Å². The molecule has 0 fully saturated rings. The Labute approximate surface area is 186 Å². The number of hydrogen-bond acceptors (Lipinski definition) is 6. The van der Waals surface area contributed by atoms with Crippen molar-refractivity contribution in [1.29, 1.82) is 0 Å². The second kappa shape index (κ2) is 14.9. The molecular formula is C18H34BN4O5SSi. The van der Waals surface area contributed by atoms with Gasteiger partial charge in [0, 0.05) is 29.8 Å². The van der Waals surface area contributed by atoms with Crippen LogP contribution in [0.1, 0.15) is 40.0 Å². The smallest absolute Gasteiger partial charge is 0.394 e. The Morgan fingerprint density at radius 2 is 1.83 bits per heavy atom. The summed E-state index contributed by atoms with van der Waals surface area (Å²) >= 11 is 1.51. The molecule has 12 heteroatoms. The number of nitrogens with two attached hydrogens (primary N) is 1. The lowest BCUT2D eigenvalue weighted by Crippen LogP contribution is -2.42. The molecule has 9 nitrogen and oxygen atoms in total. The van der Waals surface area contributed by atoms with E-state index in [2.05, 4.69) is 22.4 Å². The molecule has 169 valence electrons. The summed E-state index contributed by atoms with van der Waals surface area (Å²) in [4.78, 5) is 46.8. The van der Waals surface area contributed by atoms with Crippen molar-refractivity contribution in [3.05, 3.63) is 12.2 Å². The van der Waals surface area contributed by atoms with Crippen LogP contribution in [0.25, 0.3) is 0 Å². The van der Waals surface area contributed by atoms with E-state index in [1.54, 1.807) is 13.9 Å². The Bertz CT molecular complexity index is 621. The number of rotatable bonds is 15. The van der Waals surface area contributed by atoms with Crippen molar-refractivity contribution >= 4 is 52.7 Å². The molecule has 0 saturated carbocycles. The quantitative estimate of drug-likeness (QED) is 0.144. The highest BCUT2D eigenvalue weighted by molar-refractivity contribution is 8.00. The van der Waals surface area contributed by atoms with Crippen LogP contribution in [0.3, 0.4) is 0 Å². The fraction of sp³-hybridized carbons (Fsp3) is 0.667. The molecule has 0 heterocycles. The molecule has 30 heavy (non-hydrogen) atoms. The second-order valence-corrected chi connectivity index (χ2v) is 9.60. The first-order valence-electron chi connectivity index (χ1n) is 9.86. The lowest BCUT2D eigenvalue weighted by molar-refractivity contribution is -0.129. The summed E-state index contributed by atoms with van der Waals surface area (Å²) in [5.74, 6) is -1.01. The molecule has 1 radical (unpaired) electrons. The minimum atomic E-state index is -0.644. The molecule has 0 rings (SSSR count). The van der Waals surface area contributed by atoms with Crippen LogP contribution < -0.4 is 21.6 Å². The largest absolute Gasteiger partial charge is 0.450 e. The van der Waals surface area contributed by atoms with Gasteiger partial charge in [0.05, 0.1) is 12.5 Å². The molecule has 0 aromatic carbocycles. The summed E-state index contributed by atoms with van der Waals surface area (Å²) in [5, 5.41) is 7.91. The number of primary amides is 1. The van der Waals surface area contributed by atoms with Gasteiger partial charge < -0.3 is 26.3 Å². The zero-order valence-corrected chi connectivity index (χ0v) is 21.2. The van der Waals surface area contributed by atoms with Crippen molar-refractivity contribution in [2.75, 3.05) is 25.4 Å². The van der Waals surface area contributed by atoms with E-state index in [-0.39, 0.29) is 24.8 Å². The molecule has 0 spiro atoms. The van der Waals surface area contributed by atoms with Crippen molar-refractivity contribution in [2.45, 2.75) is 44.8 Å². The fourth-order valence-electron chi connectivity index (χ4n) is 2.43. The topological polar surface area (TPSA) is 140 Å². The first kappa shape index (κ1) is 28.1. The van der Waals surface area contributed by atoms with Crippen LogP contribution in [0.4, 0.5) is 4.79 Å². The van der Waals surface area contributed by atoms with Gasteiger partial charge in [0.1, 0.15) is 0 Å². The summed E-state index contributed by atoms with van der Waals surface area (Å²) in [7, 11) is 2.37. The van der Waals surface area contributed by atoms with Gasteiger partial charge in [-0.05, 0) is 49.5 Å². The number of hydrogen-bond donors (Lipinski definition) is 4. The Morgan fingerprint density at radius 1 is 1.20 bits per heavy atom. The van der Waals surface area contributed by atoms with Gasteiger partial charge in [-0.15, -0.1) is 0 Å². The van der Waals surface area contributed by atoms with E-state index < -0.39 is 22.7 Å². The summed E-state index contributed by atoms with van der Waals surface area (Å²) in [5.41, 5.74) is 5.98. The fourth-order valence-corrected chi connectivity index (χ4v) is 3.86. The van der Waals surface area contributed by atoms with Crippen LogP contribution in [0.15, 0.2) is 12.2 Å². The highest BCUT2D eigenvalue weighted by Gasteiger charge is 2.35. The first-order chi connectivity index (χ1) is 14.0. The van der Waals surface area contributed by atoms with Gasteiger partial charge in [0.2, 0.25) is 24.7 Å². The van der Waals surface area contributed by atoms with Gasteiger partial charge in [-0.3, -0.25) is 14.4 Å². The van der Waals surface area contributed by atoms with Crippen molar-refractivity contribution in [3.63, 3.8) is 0 Å². The Hall–Kier alpha value is -1.95. The van der Waals surface area contributed by atoms with E-state index in [0.29, 0.717) is 37.3 Å². The van der Waals surface area contributed by atoms with Gasteiger partial charge in [0.25, 0.3) is 0 Å². The molecule has 0 saturated heterocycles. The van der Waals surface area contributed by atoms with Crippen LogP contribution in [0.2, 0.25) is 0 Å². The van der Waals surface area contributed by atoms with Crippen molar-refractivity contribution < 1.29 is 23.9 Å². The van der Waals surface area contributed by atoms with Crippen LogP contribution in [-0.2, 0) is 19.1 Å². The summed E-state index contributed by atoms with van der Waals surface area (Å²) in [6.45, 7) is 9.99. The molecule has 0 aromatic rings. The molecule has 0 bridgehead atoms. The van der Waals surface area contributed by atoms with Crippen LogP contribution in [0.5, 0.6) is 0 Å². The van der Waals surface area contributed by atoms with Crippen LogP contribution in [0, 0.1) is 5.92 Å². The monoisotopic (exact) mass is 457 g/mol. The van der Waals surface area contributed by atoms with Crippen LogP contribution >= 0.6 is 11.8 Å². The Kier molecular flexibility index (Phi) is 14.0. The molecule has 0 aliphatic carbocycles. The van der Waals surface area contributed by atoms with E-state index in [0.717, 1.165) is 10.1 Å². The zero-order chi connectivity index (χ0) is 23.2. The molecule has 1 unspecified atom stereocenters. The van der Waals surface area contributed by atoms with E-state index in [1.165, 1.54) is 11.8 Å². The van der Waals surface area contributed by atoms with E-state index in [9.17, 15) is 19.2 Å². The van der Waals surface area contributed by atoms with Crippen molar-refractivity contribution in [2.24, 2.45) is 11.7 Å². The summed E-state index contributed by atoms with van der Waals surface area (Å²) in [6.07, 6.45) is 0.703. The third-order valence-electron chi connectivity index (χ3n) is 4.18. The number of amides is 4. The summed E-state index contributed by atoms with van der Waals surface area (Å²) < 4.78 is 4.45. The maximum Gasteiger partial charge on any atom is 0.394 e.